The van der Waals surface area contributed by atoms with Crippen LogP contribution in [0.1, 0.15) is 0 Å². The van der Waals surface area contributed by atoms with Crippen molar-refractivity contribution in [2.24, 2.45) is 0 Å². The first kappa shape index (κ1) is 12.1. The summed E-state index contributed by atoms with van der Waals surface area (Å²) in [7, 11) is 0. The second kappa shape index (κ2) is 4.89. The number of benzene rings is 1. The number of pyridine rings is 1. The molecule has 6 nitrogen and oxygen atoms in total. The summed E-state index contributed by atoms with van der Waals surface area (Å²) in [6.45, 7) is 0. The smallest absolute Gasteiger partial charge is 0.325 e. The van der Waals surface area contributed by atoms with Gasteiger partial charge in [-0.25, -0.2) is 0 Å². The Balaban J connectivity index is 2.43. The monoisotopic (exact) mass is 266 g/mol. The molecule has 0 radical (unpaired) electrons. The van der Waals surface area contributed by atoms with Gasteiger partial charge in [-0.1, -0.05) is 18.2 Å². The minimum Gasteiger partial charge on any atom is -0.618 e. The molecule has 0 fully saturated rings. The summed E-state index contributed by atoms with van der Waals surface area (Å²) < 4.78 is 5.58. The van der Waals surface area contributed by atoms with Crippen LogP contribution < -0.4 is 9.47 Å². The van der Waals surface area contributed by atoms with Gasteiger partial charge >= 0.3 is 5.69 Å². The first-order chi connectivity index (χ1) is 8.58. The largest absolute Gasteiger partial charge is 0.618 e. The molecule has 0 atom stereocenters. The van der Waals surface area contributed by atoms with Crippen LogP contribution in [0.2, 0.25) is 5.15 Å². The predicted octanol–water partition coefficient (Wildman–Crippen LogP) is 2.67. The number of hydrogen-bond acceptors (Lipinski definition) is 4. The molecule has 0 aliphatic rings. The van der Waals surface area contributed by atoms with Crippen LogP contribution >= 0.6 is 11.6 Å². The van der Waals surface area contributed by atoms with Gasteiger partial charge in [0, 0.05) is 0 Å². The van der Waals surface area contributed by atoms with Crippen LogP contribution in [-0.4, -0.2) is 4.92 Å². The van der Waals surface area contributed by atoms with Crippen LogP contribution in [0.25, 0.3) is 0 Å². The van der Waals surface area contributed by atoms with E-state index >= 15 is 0 Å². The normalized spacial score (nSPS) is 10.1. The summed E-state index contributed by atoms with van der Waals surface area (Å²) in [5.41, 5.74) is -0.365. The van der Waals surface area contributed by atoms with Crippen LogP contribution in [0, 0.1) is 15.3 Å². The van der Waals surface area contributed by atoms with Crippen LogP contribution in [0.4, 0.5) is 5.69 Å². The van der Waals surface area contributed by atoms with E-state index in [4.69, 9.17) is 16.3 Å². The van der Waals surface area contributed by atoms with Crippen LogP contribution in [0.15, 0.2) is 42.6 Å². The summed E-state index contributed by atoms with van der Waals surface area (Å²) in [6.07, 6.45) is 0.924. The van der Waals surface area contributed by atoms with Gasteiger partial charge in [0.1, 0.15) is 11.8 Å². The van der Waals surface area contributed by atoms with Crippen molar-refractivity contribution in [3.63, 3.8) is 0 Å². The van der Waals surface area contributed by atoms with Gasteiger partial charge in [-0.05, 0) is 23.7 Å². The second-order valence-corrected chi connectivity index (χ2v) is 3.73. The molecule has 2 rings (SSSR count). The molecule has 92 valence electrons. The molecule has 0 spiro atoms. The topological polar surface area (TPSA) is 79.3 Å². The Kier molecular flexibility index (Phi) is 3.29. The molecule has 0 saturated heterocycles. The molecule has 0 aliphatic heterocycles. The van der Waals surface area contributed by atoms with Gasteiger partial charge in [0.05, 0.1) is 4.92 Å². The fraction of sp³-hybridized carbons (Fsp3) is 0. The van der Waals surface area contributed by atoms with Crippen LogP contribution in [0.5, 0.6) is 11.5 Å². The molecule has 0 saturated carbocycles. The highest BCUT2D eigenvalue weighted by atomic mass is 35.5. The van der Waals surface area contributed by atoms with Gasteiger partial charge in [-0.15, -0.1) is 0 Å². The molecule has 2 aromatic rings. The van der Waals surface area contributed by atoms with Gasteiger partial charge in [0.25, 0.3) is 10.9 Å². The Bertz CT molecular complexity index is 589. The van der Waals surface area contributed by atoms with Gasteiger partial charge < -0.3 is 9.94 Å². The van der Waals surface area contributed by atoms with Gasteiger partial charge in [-0.3, -0.25) is 10.1 Å². The third-order valence-corrected chi connectivity index (χ3v) is 2.40. The van der Waals surface area contributed by atoms with Gasteiger partial charge in [0.2, 0.25) is 6.20 Å². The lowest BCUT2D eigenvalue weighted by molar-refractivity contribution is -0.604. The number of nitrogens with zero attached hydrogens (tertiary/aromatic N) is 2. The van der Waals surface area contributed by atoms with Crippen molar-refractivity contribution in [1.29, 1.82) is 0 Å². The number of aromatic nitrogens is 1. The molecule has 0 N–H and O–H groups in total. The Labute approximate surface area is 107 Å². The van der Waals surface area contributed by atoms with Crippen LogP contribution in [0.3, 0.4) is 0 Å². The second-order valence-electron chi connectivity index (χ2n) is 3.34. The molecule has 0 amide bonds. The average molecular weight is 267 g/mol. The zero-order valence-electron chi connectivity index (χ0n) is 8.95. The molecule has 0 aliphatic carbocycles. The molecule has 1 heterocycles. The summed E-state index contributed by atoms with van der Waals surface area (Å²) in [6, 6.07) is 9.38. The van der Waals surface area contributed by atoms with E-state index in [-0.39, 0.29) is 16.6 Å². The fourth-order valence-electron chi connectivity index (χ4n) is 1.32. The third-order valence-electron chi connectivity index (χ3n) is 2.12. The molecule has 0 unspecified atom stereocenters. The summed E-state index contributed by atoms with van der Waals surface area (Å²) in [4.78, 5) is 10.2. The van der Waals surface area contributed by atoms with Gasteiger partial charge in [0.15, 0.2) is 0 Å². The first-order valence-corrected chi connectivity index (χ1v) is 5.26. The summed E-state index contributed by atoms with van der Waals surface area (Å²) >= 11 is 5.52. The minimum atomic E-state index is -0.663. The average Bonchev–Trinajstić information content (AvgIpc) is 2.34. The summed E-state index contributed by atoms with van der Waals surface area (Å²) in [5.74, 6) is 0.230. The minimum absolute atomic E-state index is 0.161. The van der Waals surface area contributed by atoms with E-state index in [1.165, 1.54) is 0 Å². The quantitative estimate of drug-likeness (QED) is 0.281. The lowest BCUT2D eigenvalue weighted by atomic mass is 10.3. The first-order valence-electron chi connectivity index (χ1n) is 4.88. The van der Waals surface area contributed by atoms with Crippen molar-refractivity contribution >= 4 is 17.3 Å². The lowest BCUT2D eigenvalue weighted by Gasteiger charge is -2.06. The Morgan fingerprint density at radius 1 is 1.28 bits per heavy atom. The molecule has 1 aromatic heterocycles. The molecular weight excluding hydrogens is 260 g/mol. The highest BCUT2D eigenvalue weighted by Gasteiger charge is 2.22. The number of para-hydroxylation sites is 1. The highest BCUT2D eigenvalue weighted by Crippen LogP contribution is 2.31. The standard InChI is InChI=1S/C11H7ClN2O4/c12-11-6-9(14(16)17)10(7-13(11)15)18-8-4-2-1-3-5-8/h1-7H. The van der Waals surface area contributed by atoms with E-state index in [0.29, 0.717) is 10.5 Å². The molecule has 1 aromatic carbocycles. The maximum Gasteiger partial charge on any atom is 0.325 e. The fourth-order valence-corrected chi connectivity index (χ4v) is 1.47. The molecule has 0 bridgehead atoms. The summed E-state index contributed by atoms with van der Waals surface area (Å²) in [5, 5.41) is 21.8. The van der Waals surface area contributed by atoms with Crippen LogP contribution in [-0.2, 0) is 0 Å². The molecule has 7 heteroatoms. The number of ether oxygens (including phenoxy) is 1. The van der Waals surface area contributed by atoms with Crippen molar-refractivity contribution < 1.29 is 14.4 Å². The van der Waals surface area contributed by atoms with E-state index in [1.54, 1.807) is 30.3 Å². The molecule has 18 heavy (non-hydrogen) atoms. The molecular formula is C11H7ClN2O4. The van der Waals surface area contributed by atoms with Crippen molar-refractivity contribution in [2.45, 2.75) is 0 Å². The maximum atomic E-state index is 11.3. The van der Waals surface area contributed by atoms with E-state index < -0.39 is 4.92 Å². The lowest BCUT2D eigenvalue weighted by Crippen LogP contribution is -2.27. The number of halogens is 1. The number of nitro groups is 1. The van der Waals surface area contributed by atoms with E-state index in [0.717, 1.165) is 12.3 Å². The van der Waals surface area contributed by atoms with E-state index in [9.17, 15) is 15.3 Å². The van der Waals surface area contributed by atoms with Crippen molar-refractivity contribution in [3.8, 4) is 11.5 Å². The van der Waals surface area contributed by atoms with E-state index in [2.05, 4.69) is 0 Å². The number of rotatable bonds is 3. The maximum absolute atomic E-state index is 11.3. The number of hydrogen-bond donors (Lipinski definition) is 0. The third kappa shape index (κ3) is 2.49. The zero-order valence-corrected chi connectivity index (χ0v) is 9.70. The van der Waals surface area contributed by atoms with Crippen molar-refractivity contribution in [3.05, 3.63) is 63.1 Å². The van der Waals surface area contributed by atoms with E-state index in [1.807, 2.05) is 0 Å². The Morgan fingerprint density at radius 2 is 1.94 bits per heavy atom. The van der Waals surface area contributed by atoms with Gasteiger partial charge in [-0.2, -0.15) is 4.73 Å². The zero-order chi connectivity index (χ0) is 13.1. The van der Waals surface area contributed by atoms with Crippen molar-refractivity contribution in [1.82, 2.24) is 0 Å². The Hall–Kier alpha value is -2.34. The highest BCUT2D eigenvalue weighted by molar-refractivity contribution is 6.28. The predicted molar refractivity (Wildman–Crippen MR) is 63.6 cm³/mol. The van der Waals surface area contributed by atoms with Crippen molar-refractivity contribution in [2.75, 3.05) is 0 Å². The Morgan fingerprint density at radius 3 is 2.56 bits per heavy atom. The SMILES string of the molecule is O=[N+]([O-])c1cc(Cl)[n+]([O-])cc1Oc1ccccc1.